The van der Waals surface area contributed by atoms with Crippen LogP contribution in [0.1, 0.15) is 81.9 Å². The van der Waals surface area contributed by atoms with E-state index in [-0.39, 0.29) is 22.4 Å². The van der Waals surface area contributed by atoms with Crippen molar-refractivity contribution in [2.45, 2.75) is 65.7 Å². The van der Waals surface area contributed by atoms with Crippen LogP contribution in [0.4, 0.5) is 5.69 Å². The summed E-state index contributed by atoms with van der Waals surface area (Å²) in [5, 5.41) is 11.2. The van der Waals surface area contributed by atoms with Gasteiger partial charge in [0, 0.05) is 27.9 Å². The van der Waals surface area contributed by atoms with Gasteiger partial charge in [-0.3, -0.25) is 4.79 Å². The molecular formula is C26H35NO3. The van der Waals surface area contributed by atoms with Gasteiger partial charge < -0.3 is 15.6 Å². The first-order valence-corrected chi connectivity index (χ1v) is 10.5. The molecule has 0 heterocycles. The molecule has 0 aliphatic heterocycles. The van der Waals surface area contributed by atoms with Crippen molar-refractivity contribution in [3.8, 4) is 11.5 Å². The van der Waals surface area contributed by atoms with Gasteiger partial charge in [0.25, 0.3) is 0 Å². The fourth-order valence-electron chi connectivity index (χ4n) is 3.34. The predicted octanol–water partition coefficient (Wildman–Crippen LogP) is 6.25. The highest BCUT2D eigenvalue weighted by atomic mass is 16.5. The summed E-state index contributed by atoms with van der Waals surface area (Å²) in [6, 6.07) is 8.80. The zero-order valence-corrected chi connectivity index (χ0v) is 19.3. The number of aromatic hydroxyl groups is 1. The quantitative estimate of drug-likeness (QED) is 0.336. The van der Waals surface area contributed by atoms with E-state index in [4.69, 9.17) is 10.5 Å². The molecule has 4 nitrogen and oxygen atoms in total. The molecule has 2 rings (SSSR count). The fraction of sp³-hybridized carbons (Fsp3) is 0.423. The number of hydrogen-bond acceptors (Lipinski definition) is 4. The SMILES string of the molecule is CCCOc1c(C=CC(=O)c2ccc(N)cc2)cc(C(C)(C)C)c(O)c1C(C)(C)C. The van der Waals surface area contributed by atoms with Crippen LogP contribution in [0.15, 0.2) is 36.4 Å². The summed E-state index contributed by atoms with van der Waals surface area (Å²) in [6.45, 7) is 14.9. The number of carbonyl (C=O) groups is 1. The Morgan fingerprint density at radius 2 is 1.67 bits per heavy atom. The molecule has 0 aliphatic carbocycles. The smallest absolute Gasteiger partial charge is 0.185 e. The lowest BCUT2D eigenvalue weighted by molar-refractivity contribution is 0.104. The van der Waals surface area contributed by atoms with E-state index >= 15 is 0 Å². The van der Waals surface area contributed by atoms with Gasteiger partial charge in [-0.1, -0.05) is 48.5 Å². The third kappa shape index (κ3) is 5.44. The number of carbonyl (C=O) groups excluding carboxylic acids is 1. The number of ether oxygens (including phenoxy) is 1. The van der Waals surface area contributed by atoms with Crippen LogP contribution in [0.25, 0.3) is 6.08 Å². The van der Waals surface area contributed by atoms with Crippen LogP contribution in [-0.4, -0.2) is 17.5 Å². The van der Waals surface area contributed by atoms with E-state index in [0.717, 1.165) is 23.1 Å². The number of rotatable bonds is 6. The molecule has 0 saturated heterocycles. The molecule has 0 amide bonds. The largest absolute Gasteiger partial charge is 0.507 e. The van der Waals surface area contributed by atoms with E-state index in [1.54, 1.807) is 36.4 Å². The van der Waals surface area contributed by atoms with Crippen molar-refractivity contribution in [1.82, 2.24) is 0 Å². The van der Waals surface area contributed by atoms with E-state index < -0.39 is 0 Å². The Hall–Kier alpha value is -2.75. The van der Waals surface area contributed by atoms with Crippen molar-refractivity contribution < 1.29 is 14.6 Å². The van der Waals surface area contributed by atoms with Gasteiger partial charge in [-0.2, -0.15) is 0 Å². The molecule has 2 aromatic rings. The summed E-state index contributed by atoms with van der Waals surface area (Å²) >= 11 is 0. The lowest BCUT2D eigenvalue weighted by Gasteiger charge is -2.30. The van der Waals surface area contributed by atoms with E-state index in [1.807, 2.05) is 13.0 Å². The van der Waals surface area contributed by atoms with Crippen LogP contribution in [0.3, 0.4) is 0 Å². The van der Waals surface area contributed by atoms with Gasteiger partial charge in [-0.15, -0.1) is 0 Å². The Morgan fingerprint density at radius 1 is 1.07 bits per heavy atom. The number of phenols is 1. The van der Waals surface area contributed by atoms with Gasteiger partial charge in [-0.25, -0.2) is 0 Å². The van der Waals surface area contributed by atoms with Crippen LogP contribution in [0.2, 0.25) is 0 Å². The van der Waals surface area contributed by atoms with Crippen molar-refractivity contribution >= 4 is 17.5 Å². The Morgan fingerprint density at radius 3 is 2.17 bits per heavy atom. The summed E-state index contributed by atoms with van der Waals surface area (Å²) in [7, 11) is 0. The van der Waals surface area contributed by atoms with Gasteiger partial charge in [-0.05, 0) is 59.7 Å². The standard InChI is InChI=1S/C26H35NO3/c1-8-15-30-24-18(11-14-21(28)17-9-12-19(27)13-10-17)16-20(25(2,3)4)23(29)22(24)26(5,6)7/h9-14,16,29H,8,15,27H2,1-7H3. The Kier molecular flexibility index (Phi) is 7.02. The monoisotopic (exact) mass is 409 g/mol. The zero-order chi connectivity index (χ0) is 22.7. The molecule has 0 saturated carbocycles. The number of phenolic OH excluding ortho intramolecular Hbond substituents is 1. The lowest BCUT2D eigenvalue weighted by Crippen LogP contribution is -2.19. The minimum Gasteiger partial charge on any atom is -0.507 e. The number of anilines is 1. The molecule has 0 aromatic heterocycles. The van der Waals surface area contributed by atoms with Crippen LogP contribution in [-0.2, 0) is 10.8 Å². The first kappa shape index (κ1) is 23.5. The van der Waals surface area contributed by atoms with Crippen molar-refractivity contribution in [3.05, 3.63) is 58.7 Å². The maximum Gasteiger partial charge on any atom is 0.185 e. The molecule has 30 heavy (non-hydrogen) atoms. The summed E-state index contributed by atoms with van der Waals surface area (Å²) in [5.41, 5.74) is 8.69. The third-order valence-electron chi connectivity index (χ3n) is 4.90. The summed E-state index contributed by atoms with van der Waals surface area (Å²) in [4.78, 5) is 12.7. The molecule has 4 heteroatoms. The average Bonchev–Trinajstić information content (AvgIpc) is 2.63. The van der Waals surface area contributed by atoms with E-state index in [1.165, 1.54) is 0 Å². The van der Waals surface area contributed by atoms with Gasteiger partial charge in [0.15, 0.2) is 5.78 Å². The molecule has 3 N–H and O–H groups in total. The van der Waals surface area contributed by atoms with Gasteiger partial charge in [0.1, 0.15) is 11.5 Å². The maximum absolute atomic E-state index is 12.7. The zero-order valence-electron chi connectivity index (χ0n) is 19.3. The number of allylic oxidation sites excluding steroid dienone is 1. The Labute approximate surface area is 180 Å². The molecule has 0 atom stereocenters. The molecule has 162 valence electrons. The third-order valence-corrected chi connectivity index (χ3v) is 4.90. The van der Waals surface area contributed by atoms with Crippen LogP contribution in [0, 0.1) is 0 Å². The molecule has 0 fully saturated rings. The molecular weight excluding hydrogens is 374 g/mol. The second kappa shape index (κ2) is 8.95. The lowest BCUT2D eigenvalue weighted by atomic mass is 9.77. The van der Waals surface area contributed by atoms with Crippen molar-refractivity contribution in [2.24, 2.45) is 0 Å². The Balaban J connectivity index is 2.65. The summed E-state index contributed by atoms with van der Waals surface area (Å²) in [5.74, 6) is 0.790. The molecule has 0 aliphatic rings. The molecule has 2 aromatic carbocycles. The number of nitrogen functional groups attached to an aromatic ring is 1. The van der Waals surface area contributed by atoms with Crippen LogP contribution < -0.4 is 10.5 Å². The van der Waals surface area contributed by atoms with E-state index in [0.29, 0.717) is 23.6 Å². The minimum absolute atomic E-state index is 0.112. The fourth-order valence-corrected chi connectivity index (χ4v) is 3.34. The topological polar surface area (TPSA) is 72.5 Å². The van der Waals surface area contributed by atoms with Crippen molar-refractivity contribution in [2.75, 3.05) is 12.3 Å². The van der Waals surface area contributed by atoms with Gasteiger partial charge >= 0.3 is 0 Å². The van der Waals surface area contributed by atoms with E-state index in [9.17, 15) is 9.90 Å². The highest BCUT2D eigenvalue weighted by Gasteiger charge is 2.31. The minimum atomic E-state index is -0.335. The second-order valence-electron chi connectivity index (χ2n) is 9.73. The van der Waals surface area contributed by atoms with Crippen molar-refractivity contribution in [3.63, 3.8) is 0 Å². The van der Waals surface area contributed by atoms with Crippen LogP contribution in [0.5, 0.6) is 11.5 Å². The van der Waals surface area contributed by atoms with Gasteiger partial charge in [0.05, 0.1) is 6.61 Å². The molecule has 0 radical (unpaired) electrons. The molecule has 0 spiro atoms. The molecule has 0 bridgehead atoms. The molecule has 0 unspecified atom stereocenters. The Bertz CT molecular complexity index is 927. The summed E-state index contributed by atoms with van der Waals surface area (Å²) < 4.78 is 6.11. The highest BCUT2D eigenvalue weighted by Crippen LogP contribution is 2.46. The first-order chi connectivity index (χ1) is 13.9. The average molecular weight is 410 g/mol. The maximum atomic E-state index is 12.7. The normalized spacial score (nSPS) is 12.4. The highest BCUT2D eigenvalue weighted by molar-refractivity contribution is 6.07. The van der Waals surface area contributed by atoms with Crippen LogP contribution >= 0.6 is 0 Å². The van der Waals surface area contributed by atoms with Gasteiger partial charge in [0.2, 0.25) is 0 Å². The number of ketones is 1. The number of benzene rings is 2. The second-order valence-corrected chi connectivity index (χ2v) is 9.73. The number of hydrogen-bond donors (Lipinski definition) is 2. The number of nitrogens with two attached hydrogens (primary N) is 1. The van der Waals surface area contributed by atoms with E-state index in [2.05, 4.69) is 41.5 Å². The predicted molar refractivity (Wildman–Crippen MR) is 126 cm³/mol. The summed E-state index contributed by atoms with van der Waals surface area (Å²) in [6.07, 6.45) is 4.18. The van der Waals surface area contributed by atoms with Crippen molar-refractivity contribution in [1.29, 1.82) is 0 Å². The first-order valence-electron chi connectivity index (χ1n) is 10.5.